The van der Waals surface area contributed by atoms with Crippen LogP contribution in [0, 0.1) is 11.6 Å². The van der Waals surface area contributed by atoms with Gasteiger partial charge in [-0.15, -0.1) is 11.6 Å². The predicted octanol–water partition coefficient (Wildman–Crippen LogP) is 5.05. The van der Waals surface area contributed by atoms with E-state index >= 15 is 0 Å². The summed E-state index contributed by atoms with van der Waals surface area (Å²) < 4.78 is 32.8. The average Bonchev–Trinajstić information content (AvgIpc) is 2.44. The van der Waals surface area contributed by atoms with E-state index in [1.807, 2.05) is 0 Å². The first-order valence-corrected chi connectivity index (χ1v) is 6.84. The Morgan fingerprint density at radius 1 is 1.05 bits per heavy atom. The Morgan fingerprint density at radius 3 is 2.37 bits per heavy atom. The fraction of sp³-hybridized carbons (Fsp3) is 0.143. The molecule has 5 heteroatoms. The quantitative estimate of drug-likeness (QED) is 0.556. The van der Waals surface area contributed by atoms with Gasteiger partial charge in [-0.1, -0.05) is 12.1 Å². The molecule has 2 aromatic carbocycles. The van der Waals surface area contributed by atoms with Crippen molar-refractivity contribution in [2.45, 2.75) is 12.5 Å². The highest BCUT2D eigenvalue weighted by atomic mass is 79.9. The van der Waals surface area contributed by atoms with Crippen molar-refractivity contribution in [2.75, 3.05) is 0 Å². The van der Waals surface area contributed by atoms with Crippen LogP contribution < -0.4 is 4.74 Å². The molecule has 0 atom stereocenters. The van der Waals surface area contributed by atoms with Crippen molar-refractivity contribution >= 4 is 27.5 Å². The van der Waals surface area contributed by atoms with Crippen LogP contribution in [-0.2, 0) is 12.5 Å². The molecule has 0 aliphatic heterocycles. The molecule has 0 fully saturated rings. The molecule has 0 saturated heterocycles. The topological polar surface area (TPSA) is 9.23 Å². The molecular formula is C14H10BrClF2O. The van der Waals surface area contributed by atoms with Crippen LogP contribution in [0.1, 0.15) is 11.1 Å². The first kappa shape index (κ1) is 14.3. The molecule has 0 saturated carbocycles. The summed E-state index contributed by atoms with van der Waals surface area (Å²) >= 11 is 8.68. The zero-order chi connectivity index (χ0) is 13.8. The summed E-state index contributed by atoms with van der Waals surface area (Å²) in [6, 6.07) is 9.55. The molecule has 2 rings (SSSR count). The van der Waals surface area contributed by atoms with Crippen LogP contribution in [0.4, 0.5) is 8.78 Å². The smallest absolute Gasteiger partial charge is 0.146 e. The van der Waals surface area contributed by atoms with E-state index in [9.17, 15) is 8.78 Å². The number of rotatable bonds is 4. The van der Waals surface area contributed by atoms with E-state index in [1.165, 1.54) is 12.1 Å². The number of alkyl halides is 1. The minimum absolute atomic E-state index is 0.101. The molecule has 0 spiro atoms. The van der Waals surface area contributed by atoms with Gasteiger partial charge >= 0.3 is 0 Å². The maximum absolute atomic E-state index is 13.7. The van der Waals surface area contributed by atoms with Crippen LogP contribution in [-0.4, -0.2) is 0 Å². The zero-order valence-electron chi connectivity index (χ0n) is 9.80. The average molecular weight is 348 g/mol. The molecule has 0 bridgehead atoms. The highest BCUT2D eigenvalue weighted by Crippen LogP contribution is 2.23. The van der Waals surface area contributed by atoms with Gasteiger partial charge in [0.25, 0.3) is 0 Å². The third-order valence-corrected chi connectivity index (χ3v) is 3.52. The minimum atomic E-state index is -0.641. The monoisotopic (exact) mass is 346 g/mol. The summed E-state index contributed by atoms with van der Waals surface area (Å²) in [5.74, 6) is -0.321. The Morgan fingerprint density at radius 2 is 1.74 bits per heavy atom. The summed E-state index contributed by atoms with van der Waals surface area (Å²) in [5, 5.41) is 0. The molecule has 19 heavy (non-hydrogen) atoms. The molecule has 0 aliphatic rings. The van der Waals surface area contributed by atoms with E-state index in [2.05, 4.69) is 15.9 Å². The van der Waals surface area contributed by atoms with Gasteiger partial charge in [-0.2, -0.15) is 0 Å². The fourth-order valence-corrected chi connectivity index (χ4v) is 2.08. The molecule has 2 aromatic rings. The van der Waals surface area contributed by atoms with Gasteiger partial charge in [0, 0.05) is 5.88 Å². The highest BCUT2D eigenvalue weighted by molar-refractivity contribution is 9.10. The van der Waals surface area contributed by atoms with Gasteiger partial charge in [-0.3, -0.25) is 0 Å². The molecule has 100 valence electrons. The summed E-state index contributed by atoms with van der Waals surface area (Å²) in [5.41, 5.74) is 0.852. The third kappa shape index (κ3) is 3.45. The molecule has 0 aromatic heterocycles. The third-order valence-electron chi connectivity index (χ3n) is 2.60. The van der Waals surface area contributed by atoms with E-state index in [4.69, 9.17) is 16.3 Å². The molecule has 1 nitrogen and oxygen atoms in total. The summed E-state index contributed by atoms with van der Waals surface area (Å²) in [6.45, 7) is -0.169. The number of hydrogen-bond donors (Lipinski definition) is 0. The van der Waals surface area contributed by atoms with Crippen molar-refractivity contribution in [1.29, 1.82) is 0 Å². The number of ether oxygens (including phenoxy) is 1. The van der Waals surface area contributed by atoms with Gasteiger partial charge in [-0.05, 0) is 45.8 Å². The van der Waals surface area contributed by atoms with Gasteiger partial charge in [0.15, 0.2) is 0 Å². The molecule has 0 heterocycles. The van der Waals surface area contributed by atoms with Crippen LogP contribution in [0.3, 0.4) is 0 Å². The van der Waals surface area contributed by atoms with E-state index < -0.39 is 11.6 Å². The zero-order valence-corrected chi connectivity index (χ0v) is 12.1. The highest BCUT2D eigenvalue weighted by Gasteiger charge is 2.12. The van der Waals surface area contributed by atoms with E-state index in [1.54, 1.807) is 24.3 Å². The molecule has 0 unspecified atom stereocenters. The standard InChI is InChI=1S/C14H10BrClF2O/c15-12-5-6-13(17)11(14(12)18)8-19-10-3-1-9(7-16)2-4-10/h1-6H,7-8H2. The molecule has 0 N–H and O–H groups in total. The van der Waals surface area contributed by atoms with Crippen molar-refractivity contribution < 1.29 is 13.5 Å². The SMILES string of the molecule is Fc1ccc(Br)c(F)c1COc1ccc(CCl)cc1. The Hall–Kier alpha value is -1.13. The maximum atomic E-state index is 13.7. The Balaban J connectivity index is 2.12. The van der Waals surface area contributed by atoms with E-state index in [0.717, 1.165) is 5.56 Å². The Bertz CT molecular complexity index is 572. The van der Waals surface area contributed by atoms with Gasteiger partial charge in [0.1, 0.15) is 24.0 Å². The second-order valence-corrected chi connectivity index (χ2v) is 5.01. The number of halogens is 4. The second kappa shape index (κ2) is 6.35. The lowest BCUT2D eigenvalue weighted by molar-refractivity contribution is 0.292. The lowest BCUT2D eigenvalue weighted by Gasteiger charge is -2.09. The first-order valence-electron chi connectivity index (χ1n) is 5.52. The Labute approximate surface area is 123 Å². The van der Waals surface area contributed by atoms with Crippen LogP contribution in [0.15, 0.2) is 40.9 Å². The minimum Gasteiger partial charge on any atom is -0.489 e. The van der Waals surface area contributed by atoms with Gasteiger partial charge in [0.2, 0.25) is 0 Å². The van der Waals surface area contributed by atoms with E-state index in [0.29, 0.717) is 11.6 Å². The van der Waals surface area contributed by atoms with Gasteiger partial charge in [0.05, 0.1) is 10.0 Å². The number of benzene rings is 2. The predicted molar refractivity (Wildman–Crippen MR) is 74.4 cm³/mol. The van der Waals surface area contributed by atoms with Crippen molar-refractivity contribution in [3.63, 3.8) is 0 Å². The van der Waals surface area contributed by atoms with E-state index in [-0.39, 0.29) is 16.6 Å². The van der Waals surface area contributed by atoms with Crippen LogP contribution in [0.2, 0.25) is 0 Å². The first-order chi connectivity index (χ1) is 9.11. The van der Waals surface area contributed by atoms with Crippen LogP contribution >= 0.6 is 27.5 Å². The van der Waals surface area contributed by atoms with Crippen molar-refractivity contribution in [3.8, 4) is 5.75 Å². The molecule has 0 aliphatic carbocycles. The van der Waals surface area contributed by atoms with Crippen molar-refractivity contribution in [3.05, 3.63) is 63.6 Å². The second-order valence-electron chi connectivity index (χ2n) is 3.89. The lowest BCUT2D eigenvalue weighted by atomic mass is 10.2. The van der Waals surface area contributed by atoms with Crippen LogP contribution in [0.5, 0.6) is 5.75 Å². The van der Waals surface area contributed by atoms with Crippen molar-refractivity contribution in [2.24, 2.45) is 0 Å². The van der Waals surface area contributed by atoms with Crippen molar-refractivity contribution in [1.82, 2.24) is 0 Å². The number of hydrogen-bond acceptors (Lipinski definition) is 1. The van der Waals surface area contributed by atoms with Gasteiger partial charge < -0.3 is 4.74 Å². The molecule has 0 amide bonds. The lowest BCUT2D eigenvalue weighted by Crippen LogP contribution is -2.02. The fourth-order valence-electron chi connectivity index (χ4n) is 1.53. The maximum Gasteiger partial charge on any atom is 0.146 e. The summed E-state index contributed by atoms with van der Waals surface area (Å²) in [4.78, 5) is 0. The Kier molecular flexibility index (Phi) is 4.77. The summed E-state index contributed by atoms with van der Waals surface area (Å²) in [6.07, 6.45) is 0. The summed E-state index contributed by atoms with van der Waals surface area (Å²) in [7, 11) is 0. The normalized spacial score (nSPS) is 10.5. The van der Waals surface area contributed by atoms with Gasteiger partial charge in [-0.25, -0.2) is 8.78 Å². The van der Waals surface area contributed by atoms with Crippen LogP contribution in [0.25, 0.3) is 0 Å². The largest absolute Gasteiger partial charge is 0.489 e. The molecule has 0 radical (unpaired) electrons. The molecular weight excluding hydrogens is 338 g/mol.